The summed E-state index contributed by atoms with van der Waals surface area (Å²) in [5.41, 5.74) is 8.61. The largest absolute Gasteiger partial charge is 0.482 e. The molecule has 1 aliphatic rings. The summed E-state index contributed by atoms with van der Waals surface area (Å²) in [4.78, 5) is 25.9. The second kappa shape index (κ2) is 8.98. The molecule has 4 rings (SSSR count). The van der Waals surface area contributed by atoms with Crippen molar-refractivity contribution in [1.82, 2.24) is 4.90 Å². The highest BCUT2D eigenvalue weighted by Crippen LogP contribution is 2.33. The Morgan fingerprint density at radius 1 is 1.09 bits per heavy atom. The fourth-order valence-corrected chi connectivity index (χ4v) is 4.06. The molecule has 0 atom stereocenters. The predicted octanol–water partition coefficient (Wildman–Crippen LogP) is 4.47. The molecule has 0 fully saturated rings. The number of nitrogens with zero attached hydrogens (tertiary/aromatic N) is 1. The number of rotatable bonds is 6. The van der Waals surface area contributed by atoms with Gasteiger partial charge >= 0.3 is 6.18 Å². The van der Waals surface area contributed by atoms with Crippen LogP contribution in [-0.4, -0.2) is 10.8 Å². The molecule has 0 bridgehead atoms. The minimum absolute atomic E-state index is 0.0410. The number of halogens is 3. The van der Waals surface area contributed by atoms with Crippen LogP contribution in [-0.2, 0) is 32.4 Å². The van der Waals surface area contributed by atoms with Crippen LogP contribution in [0.15, 0.2) is 51.9 Å². The molecule has 1 aromatic heterocycles. The average Bonchev–Trinajstić information content (AvgIpc) is 3.16. The Balaban J connectivity index is 1.41. The van der Waals surface area contributed by atoms with E-state index in [0.717, 1.165) is 28.3 Å². The Bertz CT molecular complexity index is 1310. The van der Waals surface area contributed by atoms with Crippen molar-refractivity contribution in [3.8, 4) is 5.75 Å². The van der Waals surface area contributed by atoms with Crippen LogP contribution >= 0.6 is 0 Å². The van der Waals surface area contributed by atoms with Crippen molar-refractivity contribution < 1.29 is 27.1 Å². The first kappa shape index (κ1) is 23.6. The molecule has 34 heavy (non-hydrogen) atoms. The summed E-state index contributed by atoms with van der Waals surface area (Å²) >= 11 is 0. The maximum atomic E-state index is 13.0. The summed E-state index contributed by atoms with van der Waals surface area (Å²) in [5, 5.41) is 0. The summed E-state index contributed by atoms with van der Waals surface area (Å²) in [5.74, 6) is -0.0791. The van der Waals surface area contributed by atoms with Crippen molar-refractivity contribution in [2.45, 2.75) is 46.3 Å². The van der Waals surface area contributed by atoms with Crippen LogP contribution in [0, 0.1) is 13.8 Å². The highest BCUT2D eigenvalue weighted by molar-refractivity contribution is 5.94. The van der Waals surface area contributed by atoms with Crippen LogP contribution in [0.1, 0.15) is 49.5 Å². The Kier molecular flexibility index (Phi) is 6.22. The fraction of sp³-hybridized carbons (Fsp3) is 0.280. The highest BCUT2D eigenvalue weighted by atomic mass is 19.4. The standard InChI is InChI=1S/C25H23F3N2O4/c1-14-15(2)21(24(29)32)6-4-17(14)12-34-23-13-33-20(8-22(23)31)11-30-9-16-3-5-19(25(26,27)28)7-18(16)10-30/h3-8,13H,9-12H2,1-2H3,(H2,29,32). The first-order valence-electron chi connectivity index (χ1n) is 10.6. The molecule has 0 saturated heterocycles. The quantitative estimate of drug-likeness (QED) is 0.572. The Hall–Kier alpha value is -3.59. The lowest BCUT2D eigenvalue weighted by molar-refractivity contribution is -0.137. The molecule has 0 spiro atoms. The molecule has 0 saturated carbocycles. The molecule has 0 aliphatic carbocycles. The number of ether oxygens (including phenoxy) is 1. The number of primary amides is 1. The lowest BCUT2D eigenvalue weighted by Gasteiger charge is -2.14. The van der Waals surface area contributed by atoms with E-state index >= 15 is 0 Å². The van der Waals surface area contributed by atoms with Crippen LogP contribution < -0.4 is 15.9 Å². The van der Waals surface area contributed by atoms with E-state index in [0.29, 0.717) is 30.0 Å². The van der Waals surface area contributed by atoms with Gasteiger partial charge in [0.2, 0.25) is 17.1 Å². The van der Waals surface area contributed by atoms with Gasteiger partial charge in [-0.15, -0.1) is 0 Å². The van der Waals surface area contributed by atoms with E-state index in [2.05, 4.69) is 0 Å². The lowest BCUT2D eigenvalue weighted by Crippen LogP contribution is -2.17. The lowest BCUT2D eigenvalue weighted by atomic mass is 9.98. The maximum Gasteiger partial charge on any atom is 0.416 e. The van der Waals surface area contributed by atoms with Gasteiger partial charge in [0.15, 0.2) is 0 Å². The zero-order valence-electron chi connectivity index (χ0n) is 18.7. The second-order valence-electron chi connectivity index (χ2n) is 8.38. The van der Waals surface area contributed by atoms with Crippen LogP contribution in [0.5, 0.6) is 5.75 Å². The minimum Gasteiger partial charge on any atom is -0.482 e. The smallest absolute Gasteiger partial charge is 0.416 e. The summed E-state index contributed by atoms with van der Waals surface area (Å²) in [6.45, 7) is 4.83. The molecule has 2 aromatic carbocycles. The van der Waals surface area contributed by atoms with Gasteiger partial charge in [0.1, 0.15) is 18.6 Å². The molecule has 178 valence electrons. The van der Waals surface area contributed by atoms with Gasteiger partial charge in [-0.1, -0.05) is 12.1 Å². The van der Waals surface area contributed by atoms with Gasteiger partial charge in [0, 0.05) is 24.7 Å². The van der Waals surface area contributed by atoms with Gasteiger partial charge in [0.25, 0.3) is 0 Å². The first-order valence-corrected chi connectivity index (χ1v) is 10.6. The third kappa shape index (κ3) is 4.84. The van der Waals surface area contributed by atoms with Crippen LogP contribution in [0.25, 0.3) is 0 Å². The number of hydrogen-bond donors (Lipinski definition) is 1. The second-order valence-corrected chi connectivity index (χ2v) is 8.38. The van der Waals surface area contributed by atoms with Crippen molar-refractivity contribution in [3.05, 3.63) is 97.6 Å². The molecule has 9 heteroatoms. The van der Waals surface area contributed by atoms with Crippen molar-refractivity contribution in [2.75, 3.05) is 0 Å². The zero-order valence-corrected chi connectivity index (χ0v) is 18.7. The van der Waals surface area contributed by atoms with Crippen LogP contribution in [0.3, 0.4) is 0 Å². The topological polar surface area (TPSA) is 85.8 Å². The number of carbonyl (C=O) groups excluding carboxylic acids is 1. The zero-order chi connectivity index (χ0) is 24.6. The third-order valence-corrected chi connectivity index (χ3v) is 6.10. The van der Waals surface area contributed by atoms with E-state index in [1.54, 1.807) is 19.1 Å². The van der Waals surface area contributed by atoms with Crippen molar-refractivity contribution in [1.29, 1.82) is 0 Å². The van der Waals surface area contributed by atoms with E-state index in [9.17, 15) is 22.8 Å². The fourth-order valence-electron chi connectivity index (χ4n) is 4.06. The summed E-state index contributed by atoms with van der Waals surface area (Å²) in [6.07, 6.45) is -3.14. The van der Waals surface area contributed by atoms with E-state index in [4.69, 9.17) is 14.9 Å². The molecule has 6 nitrogen and oxygen atoms in total. The molecule has 2 heterocycles. The molecule has 0 radical (unpaired) electrons. The average molecular weight is 472 g/mol. The SMILES string of the molecule is Cc1c(COc2coc(CN3Cc4ccc(C(F)(F)F)cc4C3)cc2=O)ccc(C(N)=O)c1C. The third-order valence-electron chi connectivity index (χ3n) is 6.10. The molecule has 1 amide bonds. The van der Waals surface area contributed by atoms with Gasteiger partial charge in [-0.25, -0.2) is 0 Å². The van der Waals surface area contributed by atoms with E-state index in [1.807, 2.05) is 11.8 Å². The molecule has 1 aliphatic heterocycles. The number of fused-ring (bicyclic) bond motifs is 1. The maximum absolute atomic E-state index is 13.0. The van der Waals surface area contributed by atoms with Gasteiger partial charge < -0.3 is 14.9 Å². The molecular weight excluding hydrogens is 449 g/mol. The Labute approximate surface area is 193 Å². The molecule has 3 aromatic rings. The first-order chi connectivity index (χ1) is 16.0. The Morgan fingerprint density at radius 3 is 2.50 bits per heavy atom. The monoisotopic (exact) mass is 472 g/mol. The number of hydrogen-bond acceptors (Lipinski definition) is 5. The van der Waals surface area contributed by atoms with Crippen molar-refractivity contribution in [2.24, 2.45) is 5.73 Å². The van der Waals surface area contributed by atoms with E-state index in [1.165, 1.54) is 24.5 Å². The van der Waals surface area contributed by atoms with Crippen LogP contribution in [0.4, 0.5) is 13.2 Å². The van der Waals surface area contributed by atoms with Gasteiger partial charge in [-0.05, 0) is 59.9 Å². The Morgan fingerprint density at radius 2 is 1.82 bits per heavy atom. The van der Waals surface area contributed by atoms with Gasteiger partial charge in [-0.3, -0.25) is 14.5 Å². The summed E-state index contributed by atoms with van der Waals surface area (Å²) in [6, 6.07) is 8.42. The summed E-state index contributed by atoms with van der Waals surface area (Å²) in [7, 11) is 0. The van der Waals surface area contributed by atoms with Gasteiger partial charge in [0.05, 0.1) is 12.1 Å². The summed E-state index contributed by atoms with van der Waals surface area (Å²) < 4.78 is 50.1. The highest BCUT2D eigenvalue weighted by Gasteiger charge is 2.32. The van der Waals surface area contributed by atoms with E-state index in [-0.39, 0.29) is 24.3 Å². The predicted molar refractivity (Wildman–Crippen MR) is 118 cm³/mol. The van der Waals surface area contributed by atoms with Gasteiger partial charge in [-0.2, -0.15) is 13.2 Å². The molecule has 0 unspecified atom stereocenters. The van der Waals surface area contributed by atoms with Crippen molar-refractivity contribution in [3.63, 3.8) is 0 Å². The van der Waals surface area contributed by atoms with Crippen molar-refractivity contribution >= 4 is 5.91 Å². The number of carbonyl (C=O) groups is 1. The van der Waals surface area contributed by atoms with E-state index < -0.39 is 17.6 Å². The number of nitrogens with two attached hydrogens (primary N) is 1. The number of alkyl halides is 3. The molecule has 2 N–H and O–H groups in total. The minimum atomic E-state index is -4.38. The number of amides is 1. The molecular formula is C25H23F3N2O4. The normalized spacial score (nSPS) is 13.7. The number of benzene rings is 2. The van der Waals surface area contributed by atoms with Crippen LogP contribution in [0.2, 0.25) is 0 Å².